The fourth-order valence-corrected chi connectivity index (χ4v) is 2.19. The Morgan fingerprint density at radius 3 is 2.37 bits per heavy atom. The van der Waals surface area contributed by atoms with Crippen LogP contribution in [-0.2, 0) is 4.74 Å². The number of piperazine rings is 1. The second-order valence-corrected chi connectivity index (χ2v) is 4.61. The first kappa shape index (κ1) is 16.2. The van der Waals surface area contributed by atoms with Crippen LogP contribution in [0.3, 0.4) is 0 Å². The van der Waals surface area contributed by atoms with Gasteiger partial charge >= 0.3 is 6.36 Å². The number of alkyl halides is 3. The molecular formula is C12H20F3N3O. The zero-order valence-corrected chi connectivity index (χ0v) is 11.1. The zero-order chi connectivity index (χ0) is 14.3. The number of hydrogen-bond donors (Lipinski definition) is 0. The van der Waals surface area contributed by atoms with Gasteiger partial charge in [-0.3, -0.25) is 14.5 Å². The molecule has 0 aliphatic carbocycles. The van der Waals surface area contributed by atoms with Crippen LogP contribution in [0.1, 0.15) is 19.8 Å². The smallest absolute Gasteiger partial charge is 0.299 e. The van der Waals surface area contributed by atoms with Crippen LogP contribution < -0.4 is 0 Å². The van der Waals surface area contributed by atoms with E-state index in [2.05, 4.69) is 15.7 Å². The summed E-state index contributed by atoms with van der Waals surface area (Å²) in [7, 11) is 0. The largest absolute Gasteiger partial charge is 0.522 e. The van der Waals surface area contributed by atoms with E-state index < -0.39 is 6.36 Å². The second kappa shape index (κ2) is 7.68. The van der Waals surface area contributed by atoms with Crippen LogP contribution in [0.5, 0.6) is 0 Å². The lowest BCUT2D eigenvalue weighted by molar-refractivity contribution is -0.325. The third-order valence-corrected chi connectivity index (χ3v) is 3.23. The zero-order valence-electron chi connectivity index (χ0n) is 11.1. The number of halogens is 3. The molecule has 1 rings (SSSR count). The molecule has 0 radical (unpaired) electrons. The topological polar surface area (TPSA) is 39.5 Å². The fraction of sp³-hybridized carbons (Fsp3) is 0.917. The van der Waals surface area contributed by atoms with Gasteiger partial charge in [-0.15, -0.1) is 13.2 Å². The molecule has 0 N–H and O–H groups in total. The molecule has 0 amide bonds. The lowest BCUT2D eigenvalue weighted by atomic mass is 10.1. The minimum atomic E-state index is -4.55. The van der Waals surface area contributed by atoms with Crippen molar-refractivity contribution in [2.45, 2.75) is 32.2 Å². The Morgan fingerprint density at radius 2 is 1.89 bits per heavy atom. The van der Waals surface area contributed by atoms with Gasteiger partial charge < -0.3 is 0 Å². The summed E-state index contributed by atoms with van der Waals surface area (Å²) in [6.45, 7) is 4.80. The van der Waals surface area contributed by atoms with Crippen molar-refractivity contribution in [2.24, 2.45) is 0 Å². The van der Waals surface area contributed by atoms with E-state index in [1.807, 2.05) is 11.8 Å². The summed E-state index contributed by atoms with van der Waals surface area (Å²) in [5.74, 6) is 0. The highest BCUT2D eigenvalue weighted by Crippen LogP contribution is 2.16. The monoisotopic (exact) mass is 279 g/mol. The maximum Gasteiger partial charge on any atom is 0.522 e. The molecule has 110 valence electrons. The van der Waals surface area contributed by atoms with E-state index in [9.17, 15) is 13.2 Å². The number of ether oxygens (including phenoxy) is 1. The predicted octanol–water partition coefficient (Wildman–Crippen LogP) is 1.83. The van der Waals surface area contributed by atoms with Crippen LogP contribution in [0.25, 0.3) is 0 Å². The van der Waals surface area contributed by atoms with E-state index in [0.29, 0.717) is 13.1 Å². The summed E-state index contributed by atoms with van der Waals surface area (Å²) in [5, 5.41) is 9.06. The third kappa shape index (κ3) is 6.23. The maximum absolute atomic E-state index is 11.8. The van der Waals surface area contributed by atoms with Gasteiger partial charge in [-0.25, -0.2) is 0 Å². The lowest BCUT2D eigenvalue weighted by Crippen LogP contribution is -2.50. The van der Waals surface area contributed by atoms with Gasteiger partial charge in [0.2, 0.25) is 0 Å². The summed E-state index contributed by atoms with van der Waals surface area (Å²) < 4.78 is 39.2. The number of hydrogen-bond acceptors (Lipinski definition) is 4. The van der Waals surface area contributed by atoms with Crippen molar-refractivity contribution >= 4 is 0 Å². The molecular weight excluding hydrogens is 259 g/mol. The van der Waals surface area contributed by atoms with E-state index in [-0.39, 0.29) is 19.2 Å². The Labute approximate surface area is 111 Å². The molecule has 0 aromatic rings. The summed E-state index contributed by atoms with van der Waals surface area (Å²) in [6, 6.07) is 2.21. The van der Waals surface area contributed by atoms with E-state index >= 15 is 0 Å². The molecule has 7 heteroatoms. The molecule has 4 nitrogen and oxygen atoms in total. The minimum absolute atomic E-state index is 0.0708. The number of rotatable bonds is 6. The molecule has 1 atom stereocenters. The van der Waals surface area contributed by atoms with Crippen molar-refractivity contribution in [3.63, 3.8) is 0 Å². The second-order valence-electron chi connectivity index (χ2n) is 4.61. The summed E-state index contributed by atoms with van der Waals surface area (Å²) in [4.78, 5) is 4.03. The number of nitrogens with zero attached hydrogens (tertiary/aromatic N) is 3. The number of nitriles is 1. The first-order chi connectivity index (χ1) is 8.96. The summed E-state index contributed by atoms with van der Waals surface area (Å²) in [5.41, 5.74) is 0. The van der Waals surface area contributed by atoms with Crippen LogP contribution in [0.2, 0.25) is 0 Å². The van der Waals surface area contributed by atoms with Crippen LogP contribution >= 0.6 is 0 Å². The molecule has 1 aliphatic heterocycles. The van der Waals surface area contributed by atoms with E-state index in [1.165, 1.54) is 0 Å². The lowest BCUT2D eigenvalue weighted by Gasteiger charge is -2.36. The maximum atomic E-state index is 11.8. The Kier molecular flexibility index (Phi) is 6.55. The van der Waals surface area contributed by atoms with Crippen LogP contribution in [0.15, 0.2) is 0 Å². The Balaban J connectivity index is 2.23. The van der Waals surface area contributed by atoms with Gasteiger partial charge in [0.1, 0.15) is 0 Å². The Morgan fingerprint density at radius 1 is 1.26 bits per heavy atom. The van der Waals surface area contributed by atoms with E-state index in [1.54, 1.807) is 0 Å². The van der Waals surface area contributed by atoms with Crippen molar-refractivity contribution in [2.75, 3.05) is 39.3 Å². The molecule has 1 heterocycles. The van der Waals surface area contributed by atoms with E-state index in [4.69, 9.17) is 5.26 Å². The van der Waals surface area contributed by atoms with Gasteiger partial charge in [0.05, 0.1) is 18.7 Å². The molecule has 0 spiro atoms. The summed E-state index contributed by atoms with van der Waals surface area (Å²) in [6.07, 6.45) is -2.75. The highest BCUT2D eigenvalue weighted by Gasteiger charge is 2.29. The van der Waals surface area contributed by atoms with Gasteiger partial charge in [0.25, 0.3) is 0 Å². The molecule has 1 aliphatic rings. The molecule has 0 aromatic carbocycles. The third-order valence-electron chi connectivity index (χ3n) is 3.23. The average molecular weight is 279 g/mol. The molecule has 0 aromatic heterocycles. The van der Waals surface area contributed by atoms with Crippen molar-refractivity contribution in [3.05, 3.63) is 0 Å². The molecule has 1 unspecified atom stereocenters. The van der Waals surface area contributed by atoms with Gasteiger partial charge in [0.15, 0.2) is 0 Å². The molecule has 0 saturated carbocycles. The minimum Gasteiger partial charge on any atom is -0.299 e. The van der Waals surface area contributed by atoms with Crippen LogP contribution in [-0.4, -0.2) is 61.5 Å². The molecule has 1 fully saturated rings. The normalized spacial score (nSPS) is 20.2. The first-order valence-electron chi connectivity index (χ1n) is 6.53. The van der Waals surface area contributed by atoms with Crippen molar-refractivity contribution in [1.82, 2.24) is 9.80 Å². The van der Waals surface area contributed by atoms with Crippen LogP contribution in [0, 0.1) is 11.3 Å². The fourth-order valence-electron chi connectivity index (χ4n) is 2.19. The van der Waals surface area contributed by atoms with E-state index in [0.717, 1.165) is 25.9 Å². The van der Waals surface area contributed by atoms with Gasteiger partial charge in [-0.05, 0) is 6.42 Å². The highest BCUT2D eigenvalue weighted by atomic mass is 19.4. The van der Waals surface area contributed by atoms with Gasteiger partial charge in [-0.1, -0.05) is 13.3 Å². The van der Waals surface area contributed by atoms with Gasteiger partial charge in [-0.2, -0.15) is 5.26 Å². The first-order valence-corrected chi connectivity index (χ1v) is 6.53. The standard InChI is InChI=1S/C12H20F3N3O/c1-2-3-11(10-16)18-6-4-17(5-7-18)8-9-19-12(13,14)15/h11H,2-9H2,1H3. The average Bonchev–Trinajstić information content (AvgIpc) is 2.35. The molecule has 19 heavy (non-hydrogen) atoms. The van der Waals surface area contributed by atoms with Crippen molar-refractivity contribution < 1.29 is 17.9 Å². The Bertz CT molecular complexity index is 296. The molecule has 1 saturated heterocycles. The highest BCUT2D eigenvalue weighted by molar-refractivity contribution is 4.93. The van der Waals surface area contributed by atoms with Gasteiger partial charge in [0, 0.05) is 32.7 Å². The SMILES string of the molecule is CCCC(C#N)N1CCN(CCOC(F)(F)F)CC1. The predicted molar refractivity (Wildman–Crippen MR) is 64.3 cm³/mol. The van der Waals surface area contributed by atoms with Crippen molar-refractivity contribution in [3.8, 4) is 6.07 Å². The van der Waals surface area contributed by atoms with Crippen molar-refractivity contribution in [1.29, 1.82) is 5.26 Å². The summed E-state index contributed by atoms with van der Waals surface area (Å²) >= 11 is 0. The Hall–Kier alpha value is -0.840. The van der Waals surface area contributed by atoms with Crippen LogP contribution in [0.4, 0.5) is 13.2 Å². The quantitative estimate of drug-likeness (QED) is 0.743. The molecule has 0 bridgehead atoms.